The molecule has 30 heavy (non-hydrogen) atoms. The smallest absolute Gasteiger partial charge is 0.191 e. The number of halogens is 1. The number of hydrogen-bond acceptors (Lipinski definition) is 3. The van der Waals surface area contributed by atoms with Crippen molar-refractivity contribution < 1.29 is 0 Å². The van der Waals surface area contributed by atoms with Gasteiger partial charge in [0.15, 0.2) is 11.8 Å². The summed E-state index contributed by atoms with van der Waals surface area (Å²) in [6.45, 7) is 6.02. The van der Waals surface area contributed by atoms with E-state index in [1.807, 2.05) is 12.1 Å². The Morgan fingerprint density at radius 2 is 1.87 bits per heavy atom. The summed E-state index contributed by atoms with van der Waals surface area (Å²) in [6.07, 6.45) is 3.63. The zero-order valence-corrected chi connectivity index (χ0v) is 20.2. The number of aromatic nitrogens is 3. The fourth-order valence-corrected chi connectivity index (χ4v) is 3.15. The van der Waals surface area contributed by atoms with E-state index < -0.39 is 0 Å². The van der Waals surface area contributed by atoms with Crippen LogP contribution in [-0.4, -0.2) is 34.7 Å². The standard InChI is InChI=1S/C23H30N6.HI/c1-17(2)20-11-9-18(10-12-20)7-5-13-25-23(24-3)26-15-19-6-4-8-21(14-19)22-27-16-28-29-22;/h4,6,8-12,14,16-17H,5,7,13,15H2,1-3H3,(H2,24,25,26)(H,27,28,29);1H. The van der Waals surface area contributed by atoms with E-state index in [0.717, 1.165) is 42.3 Å². The van der Waals surface area contributed by atoms with Gasteiger partial charge in [-0.05, 0) is 41.5 Å². The summed E-state index contributed by atoms with van der Waals surface area (Å²) in [5, 5.41) is 13.6. The Kier molecular flexibility index (Phi) is 9.79. The van der Waals surface area contributed by atoms with Gasteiger partial charge in [0.1, 0.15) is 6.33 Å². The topological polar surface area (TPSA) is 78.0 Å². The molecule has 0 aliphatic rings. The quantitative estimate of drug-likeness (QED) is 0.178. The van der Waals surface area contributed by atoms with E-state index in [1.54, 1.807) is 7.05 Å². The van der Waals surface area contributed by atoms with E-state index in [-0.39, 0.29) is 24.0 Å². The Morgan fingerprint density at radius 1 is 1.07 bits per heavy atom. The molecule has 1 aromatic heterocycles. The average Bonchev–Trinajstić information content (AvgIpc) is 3.29. The van der Waals surface area contributed by atoms with E-state index >= 15 is 0 Å². The van der Waals surface area contributed by atoms with Crippen molar-refractivity contribution in [3.63, 3.8) is 0 Å². The minimum Gasteiger partial charge on any atom is -0.356 e. The Hall–Kier alpha value is -2.42. The molecule has 0 amide bonds. The zero-order valence-electron chi connectivity index (χ0n) is 17.9. The maximum Gasteiger partial charge on any atom is 0.191 e. The number of H-pyrrole nitrogens is 1. The first-order valence-electron chi connectivity index (χ1n) is 10.1. The average molecular weight is 518 g/mol. The predicted molar refractivity (Wildman–Crippen MR) is 134 cm³/mol. The molecule has 0 aliphatic carbocycles. The van der Waals surface area contributed by atoms with Crippen molar-refractivity contribution in [1.29, 1.82) is 0 Å². The van der Waals surface area contributed by atoms with E-state index in [4.69, 9.17) is 0 Å². The Balaban J connectivity index is 0.00000320. The van der Waals surface area contributed by atoms with Crippen molar-refractivity contribution >= 4 is 29.9 Å². The molecule has 0 spiro atoms. The van der Waals surface area contributed by atoms with Gasteiger partial charge in [0.05, 0.1) is 0 Å². The summed E-state index contributed by atoms with van der Waals surface area (Å²) < 4.78 is 0. The summed E-state index contributed by atoms with van der Waals surface area (Å²) in [5.74, 6) is 2.16. The number of nitrogens with zero attached hydrogens (tertiary/aromatic N) is 3. The molecule has 7 heteroatoms. The number of hydrogen-bond donors (Lipinski definition) is 3. The van der Waals surface area contributed by atoms with Crippen molar-refractivity contribution in [3.8, 4) is 11.4 Å². The minimum absolute atomic E-state index is 0. The summed E-state index contributed by atoms with van der Waals surface area (Å²) in [7, 11) is 1.80. The number of rotatable bonds is 8. The molecule has 160 valence electrons. The molecular weight excluding hydrogens is 487 g/mol. The molecule has 0 bridgehead atoms. The third kappa shape index (κ3) is 7.12. The lowest BCUT2D eigenvalue weighted by Gasteiger charge is -2.12. The van der Waals surface area contributed by atoms with Gasteiger partial charge in [-0.15, -0.1) is 24.0 Å². The number of aryl methyl sites for hydroxylation is 1. The first-order chi connectivity index (χ1) is 14.2. The van der Waals surface area contributed by atoms with Gasteiger partial charge in [0.25, 0.3) is 0 Å². The maximum atomic E-state index is 4.32. The SMILES string of the molecule is CN=C(NCCCc1ccc(C(C)C)cc1)NCc1cccc(-c2ncn[nH]2)c1.I. The number of guanidine groups is 1. The molecule has 2 aromatic carbocycles. The largest absolute Gasteiger partial charge is 0.356 e. The van der Waals surface area contributed by atoms with Crippen LogP contribution in [0.3, 0.4) is 0 Å². The van der Waals surface area contributed by atoms with Gasteiger partial charge in [-0.2, -0.15) is 5.10 Å². The molecule has 3 aromatic rings. The molecule has 0 aliphatic heterocycles. The van der Waals surface area contributed by atoms with Gasteiger partial charge in [0, 0.05) is 25.7 Å². The number of aromatic amines is 1. The maximum absolute atomic E-state index is 4.32. The molecule has 0 fully saturated rings. The molecule has 0 radical (unpaired) electrons. The summed E-state index contributed by atoms with van der Waals surface area (Å²) >= 11 is 0. The van der Waals surface area contributed by atoms with Crippen LogP contribution in [0.4, 0.5) is 0 Å². The highest BCUT2D eigenvalue weighted by Gasteiger charge is 2.04. The molecule has 0 saturated carbocycles. The van der Waals surface area contributed by atoms with Gasteiger partial charge in [-0.25, -0.2) is 4.98 Å². The van der Waals surface area contributed by atoms with Crippen LogP contribution in [0.5, 0.6) is 0 Å². The van der Waals surface area contributed by atoms with Crippen LogP contribution in [0.1, 0.15) is 42.9 Å². The van der Waals surface area contributed by atoms with Crippen LogP contribution < -0.4 is 10.6 Å². The Morgan fingerprint density at radius 3 is 2.53 bits per heavy atom. The van der Waals surface area contributed by atoms with Gasteiger partial charge in [-0.3, -0.25) is 10.1 Å². The van der Waals surface area contributed by atoms with Gasteiger partial charge >= 0.3 is 0 Å². The Bertz CT molecular complexity index is 904. The first kappa shape index (κ1) is 23.9. The van der Waals surface area contributed by atoms with Crippen molar-refractivity contribution in [3.05, 3.63) is 71.5 Å². The second kappa shape index (κ2) is 12.3. The van der Waals surface area contributed by atoms with Crippen LogP contribution in [0.2, 0.25) is 0 Å². The van der Waals surface area contributed by atoms with Crippen molar-refractivity contribution in [1.82, 2.24) is 25.8 Å². The number of benzene rings is 2. The third-order valence-corrected chi connectivity index (χ3v) is 4.88. The molecule has 3 rings (SSSR count). The monoisotopic (exact) mass is 518 g/mol. The number of nitrogens with one attached hydrogen (secondary N) is 3. The highest BCUT2D eigenvalue weighted by atomic mass is 127. The second-order valence-corrected chi connectivity index (χ2v) is 7.39. The van der Waals surface area contributed by atoms with Gasteiger partial charge in [-0.1, -0.05) is 56.3 Å². The zero-order chi connectivity index (χ0) is 20.5. The third-order valence-electron chi connectivity index (χ3n) is 4.88. The lowest BCUT2D eigenvalue weighted by Crippen LogP contribution is -2.37. The fraction of sp³-hybridized carbons (Fsp3) is 0.348. The van der Waals surface area contributed by atoms with Gasteiger partial charge in [0.2, 0.25) is 0 Å². The van der Waals surface area contributed by atoms with E-state index in [2.05, 4.69) is 81.1 Å². The van der Waals surface area contributed by atoms with E-state index in [1.165, 1.54) is 17.5 Å². The van der Waals surface area contributed by atoms with Crippen LogP contribution in [-0.2, 0) is 13.0 Å². The van der Waals surface area contributed by atoms with Crippen molar-refractivity contribution in [2.45, 2.75) is 39.2 Å². The predicted octanol–water partition coefficient (Wildman–Crippen LogP) is 4.51. The first-order valence-corrected chi connectivity index (χ1v) is 10.1. The normalized spacial score (nSPS) is 11.3. The molecule has 1 heterocycles. The molecule has 0 saturated heterocycles. The van der Waals surface area contributed by atoms with Crippen molar-refractivity contribution in [2.75, 3.05) is 13.6 Å². The number of aliphatic imine (C=N–C) groups is 1. The molecule has 6 nitrogen and oxygen atoms in total. The lowest BCUT2D eigenvalue weighted by molar-refractivity contribution is 0.741. The van der Waals surface area contributed by atoms with E-state index in [0.29, 0.717) is 12.5 Å². The van der Waals surface area contributed by atoms with Gasteiger partial charge < -0.3 is 10.6 Å². The van der Waals surface area contributed by atoms with Crippen LogP contribution in [0, 0.1) is 0 Å². The minimum atomic E-state index is 0. The Labute approximate surface area is 196 Å². The molecule has 0 atom stereocenters. The van der Waals surface area contributed by atoms with Crippen LogP contribution in [0.25, 0.3) is 11.4 Å². The van der Waals surface area contributed by atoms with Crippen LogP contribution in [0.15, 0.2) is 59.9 Å². The lowest BCUT2D eigenvalue weighted by atomic mass is 10.0. The fourth-order valence-electron chi connectivity index (χ4n) is 3.15. The highest BCUT2D eigenvalue weighted by Crippen LogP contribution is 2.16. The van der Waals surface area contributed by atoms with E-state index in [9.17, 15) is 0 Å². The molecular formula is C23H31IN6. The molecule has 0 unspecified atom stereocenters. The summed E-state index contributed by atoms with van der Waals surface area (Å²) in [6, 6.07) is 17.2. The molecule has 3 N–H and O–H groups in total. The van der Waals surface area contributed by atoms with Crippen LogP contribution >= 0.6 is 24.0 Å². The van der Waals surface area contributed by atoms with Crippen molar-refractivity contribution in [2.24, 2.45) is 4.99 Å². The summed E-state index contributed by atoms with van der Waals surface area (Å²) in [4.78, 5) is 8.52. The highest BCUT2D eigenvalue weighted by molar-refractivity contribution is 14.0. The second-order valence-electron chi connectivity index (χ2n) is 7.39. The summed E-state index contributed by atoms with van der Waals surface area (Å²) in [5.41, 5.74) is 4.95.